The summed E-state index contributed by atoms with van der Waals surface area (Å²) in [6.07, 6.45) is 8.04. The van der Waals surface area contributed by atoms with Crippen LogP contribution in [0, 0.1) is 17.6 Å². The van der Waals surface area contributed by atoms with Crippen LogP contribution < -0.4 is 0 Å². The second kappa shape index (κ2) is 9.13. The third kappa shape index (κ3) is 4.65. The van der Waals surface area contributed by atoms with Gasteiger partial charge in [-0.2, -0.15) is 5.10 Å². The summed E-state index contributed by atoms with van der Waals surface area (Å²) in [5, 5.41) is 6.80. The largest absolute Gasteiger partial charge is 0.346 e. The number of fused-ring (bicyclic) bond motifs is 1. The van der Waals surface area contributed by atoms with Gasteiger partial charge in [-0.3, -0.25) is 9.89 Å². The van der Waals surface area contributed by atoms with E-state index in [0.29, 0.717) is 24.6 Å². The van der Waals surface area contributed by atoms with Crippen molar-refractivity contribution in [1.82, 2.24) is 24.6 Å². The number of carbonyl (C=O) groups is 1. The van der Waals surface area contributed by atoms with E-state index in [9.17, 15) is 13.6 Å². The maximum absolute atomic E-state index is 13.8. The summed E-state index contributed by atoms with van der Waals surface area (Å²) >= 11 is 0. The normalized spacial score (nSPS) is 14.8. The van der Waals surface area contributed by atoms with Crippen molar-refractivity contribution in [2.45, 2.75) is 32.2 Å². The minimum atomic E-state index is -0.602. The molecule has 1 amide bonds. The van der Waals surface area contributed by atoms with Crippen LogP contribution in [0.15, 0.2) is 55.0 Å². The van der Waals surface area contributed by atoms with Crippen LogP contribution in [0.25, 0.3) is 22.3 Å². The van der Waals surface area contributed by atoms with E-state index in [-0.39, 0.29) is 18.7 Å². The first-order chi connectivity index (χ1) is 16.1. The van der Waals surface area contributed by atoms with Gasteiger partial charge in [0.1, 0.15) is 11.6 Å². The van der Waals surface area contributed by atoms with Crippen molar-refractivity contribution < 1.29 is 13.6 Å². The third-order valence-electron chi connectivity index (χ3n) is 6.46. The molecule has 0 radical (unpaired) electrons. The highest BCUT2D eigenvalue weighted by atomic mass is 19.1. The Bertz CT molecular complexity index is 1260. The Morgan fingerprint density at radius 1 is 1.12 bits per heavy atom. The monoisotopic (exact) mass is 449 g/mol. The molecule has 1 saturated heterocycles. The number of halogens is 2. The molecule has 1 aliphatic heterocycles. The second-order valence-corrected chi connectivity index (χ2v) is 8.62. The topological polar surface area (TPSA) is 66.8 Å². The zero-order chi connectivity index (χ0) is 22.8. The quantitative estimate of drug-likeness (QED) is 0.469. The smallest absolute Gasteiger partial charge is 0.222 e. The number of aromatic amines is 1. The number of likely N-dealkylation sites (tertiary alicyclic amines) is 1. The van der Waals surface area contributed by atoms with Gasteiger partial charge in [0.15, 0.2) is 0 Å². The summed E-state index contributed by atoms with van der Waals surface area (Å²) in [4.78, 5) is 19.2. The summed E-state index contributed by atoms with van der Waals surface area (Å²) < 4.78 is 29.1. The predicted molar refractivity (Wildman–Crippen MR) is 121 cm³/mol. The highest BCUT2D eigenvalue weighted by Gasteiger charge is 2.23. The van der Waals surface area contributed by atoms with Gasteiger partial charge in [-0.1, -0.05) is 6.07 Å². The fourth-order valence-corrected chi connectivity index (χ4v) is 4.55. The molecule has 0 atom stereocenters. The predicted octanol–water partition coefficient (Wildman–Crippen LogP) is 4.58. The van der Waals surface area contributed by atoms with Crippen LogP contribution in [0.2, 0.25) is 0 Å². The van der Waals surface area contributed by atoms with E-state index in [1.165, 1.54) is 12.1 Å². The Morgan fingerprint density at radius 3 is 2.73 bits per heavy atom. The van der Waals surface area contributed by atoms with Gasteiger partial charge in [-0.05, 0) is 55.0 Å². The van der Waals surface area contributed by atoms with Gasteiger partial charge in [0.2, 0.25) is 5.91 Å². The lowest BCUT2D eigenvalue weighted by molar-refractivity contribution is -0.132. The average Bonchev–Trinajstić information content (AvgIpc) is 3.49. The van der Waals surface area contributed by atoms with E-state index >= 15 is 0 Å². The number of nitrogens with one attached hydrogen (secondary N) is 1. The maximum Gasteiger partial charge on any atom is 0.222 e. The number of H-pyrrole nitrogens is 1. The lowest BCUT2D eigenvalue weighted by Gasteiger charge is -2.32. The molecule has 0 unspecified atom stereocenters. The molecule has 4 heterocycles. The summed E-state index contributed by atoms with van der Waals surface area (Å²) in [7, 11) is 0. The molecule has 1 N–H and O–H groups in total. The molecule has 4 aromatic rings. The molecule has 1 aromatic carbocycles. The first-order valence-electron chi connectivity index (χ1n) is 11.2. The minimum absolute atomic E-state index is 0.0274. The van der Waals surface area contributed by atoms with Gasteiger partial charge in [0.25, 0.3) is 0 Å². The first-order valence-corrected chi connectivity index (χ1v) is 11.2. The van der Waals surface area contributed by atoms with E-state index in [0.717, 1.165) is 47.7 Å². The van der Waals surface area contributed by atoms with Crippen molar-refractivity contribution in [3.05, 3.63) is 72.2 Å². The zero-order valence-electron chi connectivity index (χ0n) is 18.2. The molecule has 5 rings (SSSR count). The summed E-state index contributed by atoms with van der Waals surface area (Å²) in [5.41, 5.74) is 4.28. The number of hydrogen-bond acceptors (Lipinski definition) is 3. The van der Waals surface area contributed by atoms with Crippen molar-refractivity contribution in [2.75, 3.05) is 13.1 Å². The molecule has 1 fully saturated rings. The minimum Gasteiger partial charge on any atom is -0.346 e. The number of benzene rings is 1. The lowest BCUT2D eigenvalue weighted by atomic mass is 9.96. The first kappa shape index (κ1) is 21.3. The number of pyridine rings is 1. The van der Waals surface area contributed by atoms with E-state index in [2.05, 4.69) is 27.0 Å². The molecule has 170 valence electrons. The van der Waals surface area contributed by atoms with E-state index < -0.39 is 11.6 Å². The summed E-state index contributed by atoms with van der Waals surface area (Å²) in [6, 6.07) is 9.65. The molecule has 0 bridgehead atoms. The van der Waals surface area contributed by atoms with Gasteiger partial charge in [-0.25, -0.2) is 13.8 Å². The Hall–Kier alpha value is -3.55. The van der Waals surface area contributed by atoms with Gasteiger partial charge >= 0.3 is 0 Å². The van der Waals surface area contributed by atoms with Crippen LogP contribution in [-0.2, 0) is 17.8 Å². The Morgan fingerprint density at radius 2 is 1.97 bits per heavy atom. The Balaban J connectivity index is 1.15. The maximum atomic E-state index is 13.8. The Labute approximate surface area is 190 Å². The van der Waals surface area contributed by atoms with Crippen molar-refractivity contribution in [2.24, 2.45) is 5.92 Å². The van der Waals surface area contributed by atoms with Crippen LogP contribution >= 0.6 is 0 Å². The van der Waals surface area contributed by atoms with Gasteiger partial charge in [0, 0.05) is 50.1 Å². The second-order valence-electron chi connectivity index (χ2n) is 8.62. The van der Waals surface area contributed by atoms with Crippen molar-refractivity contribution in [1.29, 1.82) is 0 Å². The molecular formula is C25H25F2N5O. The van der Waals surface area contributed by atoms with Crippen LogP contribution in [0.1, 0.15) is 24.8 Å². The lowest BCUT2D eigenvalue weighted by Crippen LogP contribution is -2.39. The number of amides is 1. The molecule has 3 aromatic heterocycles. The summed E-state index contributed by atoms with van der Waals surface area (Å²) in [5.74, 6) is -0.687. The number of hydrogen-bond donors (Lipinski definition) is 1. The number of nitrogens with zero attached hydrogens (tertiary/aromatic N) is 4. The van der Waals surface area contributed by atoms with Gasteiger partial charge in [0.05, 0.1) is 22.9 Å². The van der Waals surface area contributed by atoms with E-state index in [1.54, 1.807) is 6.20 Å². The third-order valence-corrected chi connectivity index (χ3v) is 6.46. The molecule has 0 spiro atoms. The standard InChI is InChI=1S/C25H25F2N5O/c26-20-3-1-18(21(27)13-20)2-6-25(33)31-10-7-17(8-11-31)16-32-12-9-23-24(32)5-4-22(30-23)19-14-28-29-15-19/h1,3-5,9,12-15,17H,2,6-8,10-11,16H2,(H,28,29). The number of aryl methyl sites for hydroxylation is 1. The molecule has 1 aliphatic rings. The highest BCUT2D eigenvalue weighted by molar-refractivity contribution is 5.79. The van der Waals surface area contributed by atoms with Crippen LogP contribution in [0.5, 0.6) is 0 Å². The van der Waals surface area contributed by atoms with Crippen LogP contribution in [0.4, 0.5) is 8.78 Å². The SMILES string of the molecule is O=C(CCc1ccc(F)cc1F)N1CCC(Cn2ccc3nc(-c4cn[nH]c4)ccc32)CC1. The van der Waals surface area contributed by atoms with Crippen molar-refractivity contribution in [3.63, 3.8) is 0 Å². The fraction of sp³-hybridized carbons (Fsp3) is 0.320. The zero-order valence-corrected chi connectivity index (χ0v) is 18.2. The molecule has 8 heteroatoms. The number of aromatic nitrogens is 4. The molecule has 0 saturated carbocycles. The number of piperidine rings is 1. The molecule has 33 heavy (non-hydrogen) atoms. The van der Waals surface area contributed by atoms with E-state index in [1.807, 2.05) is 23.2 Å². The van der Waals surface area contributed by atoms with Crippen molar-refractivity contribution >= 4 is 16.9 Å². The van der Waals surface area contributed by atoms with Gasteiger partial charge in [-0.15, -0.1) is 0 Å². The fourth-order valence-electron chi connectivity index (χ4n) is 4.55. The molecular weight excluding hydrogens is 424 g/mol. The number of carbonyl (C=O) groups excluding carboxylic acids is 1. The van der Waals surface area contributed by atoms with Gasteiger partial charge < -0.3 is 9.47 Å². The average molecular weight is 450 g/mol. The Kier molecular flexibility index (Phi) is 5.90. The van der Waals surface area contributed by atoms with E-state index in [4.69, 9.17) is 4.98 Å². The van der Waals surface area contributed by atoms with Crippen molar-refractivity contribution in [3.8, 4) is 11.3 Å². The number of rotatable bonds is 6. The molecule has 6 nitrogen and oxygen atoms in total. The van der Waals surface area contributed by atoms with Crippen LogP contribution in [-0.4, -0.2) is 43.6 Å². The summed E-state index contributed by atoms with van der Waals surface area (Å²) in [6.45, 7) is 2.30. The van der Waals surface area contributed by atoms with Crippen LogP contribution in [0.3, 0.4) is 0 Å². The molecule has 0 aliphatic carbocycles. The highest BCUT2D eigenvalue weighted by Crippen LogP contribution is 2.25.